The topological polar surface area (TPSA) is 65.1 Å². The Morgan fingerprint density at radius 2 is 1.59 bits per heavy atom. The van der Waals surface area contributed by atoms with E-state index in [4.69, 9.17) is 14.0 Å². The van der Waals surface area contributed by atoms with Gasteiger partial charge in [-0.1, -0.05) is 31.2 Å². The second kappa shape index (κ2) is 10.5. The SMILES string of the molecule is COC(=O)c1sc(-c2ccc(B3OC(C)(C)C(C)(C)O3)cc2)cc1N(C(=O)[C@H]1CC[C@H](C)CC1)C(C)C. The van der Waals surface area contributed by atoms with Crippen molar-refractivity contribution in [3.8, 4) is 10.4 Å². The monoisotopic (exact) mass is 525 g/mol. The quantitative estimate of drug-likeness (QED) is 0.339. The number of nitrogens with zero attached hydrogens (tertiary/aromatic N) is 1. The van der Waals surface area contributed by atoms with Crippen LogP contribution < -0.4 is 10.4 Å². The van der Waals surface area contributed by atoms with Gasteiger partial charge in [0.1, 0.15) is 4.88 Å². The van der Waals surface area contributed by atoms with Crippen LogP contribution in [0.15, 0.2) is 30.3 Å². The standard InChI is InChI=1S/C29H40BNO5S/c1-18(2)31(26(32)21-11-9-19(3)10-12-21)23-17-24(37-25(23)27(33)34-8)20-13-15-22(16-14-20)30-35-28(4,5)29(6,7)36-30/h13-19,21H,9-12H2,1-8H3/t19-,21-. The van der Waals surface area contributed by atoms with Gasteiger partial charge in [0, 0.05) is 16.8 Å². The molecular formula is C29H40BNO5S. The second-order valence-corrected chi connectivity index (χ2v) is 12.8. The lowest BCUT2D eigenvalue weighted by atomic mass is 9.79. The van der Waals surface area contributed by atoms with Crippen molar-refractivity contribution in [3.63, 3.8) is 0 Å². The molecule has 1 aromatic carbocycles. The summed E-state index contributed by atoms with van der Waals surface area (Å²) in [6.07, 6.45) is 3.93. The molecule has 0 atom stereocenters. The molecule has 2 aromatic rings. The first-order valence-corrected chi connectivity index (χ1v) is 14.2. The maximum atomic E-state index is 13.7. The third-order valence-corrected chi connectivity index (χ3v) is 9.34. The van der Waals surface area contributed by atoms with Crippen molar-refractivity contribution in [1.82, 2.24) is 0 Å². The van der Waals surface area contributed by atoms with E-state index >= 15 is 0 Å². The number of anilines is 1. The second-order valence-electron chi connectivity index (χ2n) is 11.8. The summed E-state index contributed by atoms with van der Waals surface area (Å²) in [5.74, 6) is 0.338. The fraction of sp³-hybridized carbons (Fsp3) is 0.586. The number of hydrogen-bond donors (Lipinski definition) is 0. The Morgan fingerprint density at radius 3 is 2.11 bits per heavy atom. The molecule has 1 saturated heterocycles. The predicted molar refractivity (Wildman–Crippen MR) is 151 cm³/mol. The van der Waals surface area contributed by atoms with Crippen LogP contribution in [-0.2, 0) is 18.8 Å². The zero-order chi connectivity index (χ0) is 27.1. The van der Waals surface area contributed by atoms with Crippen molar-refractivity contribution in [2.24, 2.45) is 11.8 Å². The number of esters is 1. The highest BCUT2D eigenvalue weighted by Crippen LogP contribution is 2.41. The number of thiophene rings is 1. The van der Waals surface area contributed by atoms with Gasteiger partial charge in [-0.05, 0) is 90.2 Å². The van der Waals surface area contributed by atoms with Gasteiger partial charge in [0.25, 0.3) is 0 Å². The van der Waals surface area contributed by atoms with Gasteiger partial charge in [0.2, 0.25) is 5.91 Å². The molecule has 8 heteroatoms. The summed E-state index contributed by atoms with van der Waals surface area (Å²) >= 11 is 1.36. The molecule has 0 spiro atoms. The summed E-state index contributed by atoms with van der Waals surface area (Å²) < 4.78 is 17.5. The van der Waals surface area contributed by atoms with Crippen molar-refractivity contribution < 1.29 is 23.6 Å². The first-order valence-electron chi connectivity index (χ1n) is 13.4. The maximum Gasteiger partial charge on any atom is 0.494 e. The van der Waals surface area contributed by atoms with E-state index in [1.807, 2.05) is 76.8 Å². The van der Waals surface area contributed by atoms with Crippen LogP contribution in [-0.4, -0.2) is 43.3 Å². The van der Waals surface area contributed by atoms with Crippen LogP contribution in [0.2, 0.25) is 0 Å². The molecule has 2 aliphatic rings. The van der Waals surface area contributed by atoms with Crippen LogP contribution in [0.3, 0.4) is 0 Å². The number of amides is 1. The Morgan fingerprint density at radius 1 is 1.03 bits per heavy atom. The first-order chi connectivity index (χ1) is 17.3. The van der Waals surface area contributed by atoms with Crippen LogP contribution in [0, 0.1) is 11.8 Å². The summed E-state index contributed by atoms with van der Waals surface area (Å²) in [7, 11) is 0.949. The molecule has 2 fully saturated rings. The van der Waals surface area contributed by atoms with Crippen molar-refractivity contribution >= 4 is 41.5 Å². The van der Waals surface area contributed by atoms with Crippen molar-refractivity contribution in [3.05, 3.63) is 35.2 Å². The van der Waals surface area contributed by atoms with Crippen LogP contribution in [0.5, 0.6) is 0 Å². The molecule has 0 radical (unpaired) electrons. The van der Waals surface area contributed by atoms with Crippen molar-refractivity contribution in [2.45, 2.75) is 91.4 Å². The van der Waals surface area contributed by atoms with Gasteiger partial charge in [-0.25, -0.2) is 4.79 Å². The predicted octanol–water partition coefficient (Wildman–Crippen LogP) is 6.07. The highest BCUT2D eigenvalue weighted by atomic mass is 32.1. The van der Waals surface area contributed by atoms with Crippen LogP contribution >= 0.6 is 11.3 Å². The lowest BCUT2D eigenvalue weighted by Crippen LogP contribution is -2.42. The summed E-state index contributed by atoms with van der Waals surface area (Å²) in [5, 5.41) is 0. The van der Waals surface area contributed by atoms with Gasteiger partial charge in [-0.15, -0.1) is 11.3 Å². The largest absolute Gasteiger partial charge is 0.494 e. The molecule has 1 aromatic heterocycles. The van der Waals surface area contributed by atoms with Gasteiger partial charge in [0.15, 0.2) is 0 Å². The van der Waals surface area contributed by atoms with Crippen molar-refractivity contribution in [2.75, 3.05) is 12.0 Å². The minimum Gasteiger partial charge on any atom is -0.465 e. The molecule has 6 nitrogen and oxygen atoms in total. The fourth-order valence-electron chi connectivity index (χ4n) is 5.08. The third kappa shape index (κ3) is 5.52. The number of benzene rings is 1. The van der Waals surface area contributed by atoms with Crippen LogP contribution in [0.4, 0.5) is 5.69 Å². The number of rotatable bonds is 6. The number of ether oxygens (including phenoxy) is 1. The number of hydrogen-bond acceptors (Lipinski definition) is 6. The van der Waals surface area contributed by atoms with E-state index in [1.54, 1.807) is 0 Å². The Balaban J connectivity index is 1.64. The molecule has 0 bridgehead atoms. The third-order valence-electron chi connectivity index (χ3n) is 8.18. The summed E-state index contributed by atoms with van der Waals surface area (Å²) in [6, 6.07) is 9.92. The smallest absolute Gasteiger partial charge is 0.465 e. The molecule has 0 N–H and O–H groups in total. The van der Waals surface area contributed by atoms with E-state index in [9.17, 15) is 9.59 Å². The molecule has 200 valence electrons. The molecule has 1 amide bonds. The minimum atomic E-state index is -0.434. The van der Waals surface area contributed by atoms with Gasteiger partial charge in [-0.2, -0.15) is 0 Å². The zero-order valence-electron chi connectivity index (χ0n) is 23.4. The number of methoxy groups -OCH3 is 1. The van der Waals surface area contributed by atoms with Gasteiger partial charge in [0.05, 0.1) is 24.0 Å². The fourth-order valence-corrected chi connectivity index (χ4v) is 6.15. The van der Waals surface area contributed by atoms with Gasteiger partial charge >= 0.3 is 13.1 Å². The molecule has 2 heterocycles. The van der Waals surface area contributed by atoms with E-state index in [0.29, 0.717) is 16.5 Å². The zero-order valence-corrected chi connectivity index (χ0v) is 24.2. The van der Waals surface area contributed by atoms with E-state index in [1.165, 1.54) is 18.4 Å². The van der Waals surface area contributed by atoms with Crippen LogP contribution in [0.1, 0.15) is 83.8 Å². The van der Waals surface area contributed by atoms with E-state index in [2.05, 4.69) is 6.92 Å². The Hall–Kier alpha value is -2.16. The normalized spacial score (nSPS) is 22.8. The van der Waals surface area contributed by atoms with E-state index < -0.39 is 24.3 Å². The molecule has 1 aliphatic heterocycles. The maximum absolute atomic E-state index is 13.7. The molecule has 0 unspecified atom stereocenters. The van der Waals surface area contributed by atoms with E-state index in [0.717, 1.165) is 41.6 Å². The molecule has 1 saturated carbocycles. The Labute approximate surface area is 225 Å². The summed E-state index contributed by atoms with van der Waals surface area (Å²) in [4.78, 5) is 29.7. The number of carbonyl (C=O) groups is 2. The minimum absolute atomic E-state index is 0.00774. The lowest BCUT2D eigenvalue weighted by molar-refractivity contribution is -0.123. The average Bonchev–Trinajstić information content (AvgIpc) is 3.36. The van der Waals surface area contributed by atoms with E-state index in [-0.39, 0.29) is 17.9 Å². The first kappa shape index (κ1) is 27.9. The van der Waals surface area contributed by atoms with Crippen molar-refractivity contribution in [1.29, 1.82) is 0 Å². The van der Waals surface area contributed by atoms with Gasteiger partial charge in [-0.3, -0.25) is 4.79 Å². The number of carbonyl (C=O) groups excluding carboxylic acids is 2. The lowest BCUT2D eigenvalue weighted by Gasteiger charge is -2.33. The van der Waals surface area contributed by atoms with Crippen LogP contribution in [0.25, 0.3) is 10.4 Å². The highest BCUT2D eigenvalue weighted by Gasteiger charge is 2.51. The summed E-state index contributed by atoms with van der Waals surface area (Å²) in [6.45, 7) is 14.4. The molecule has 37 heavy (non-hydrogen) atoms. The molecule has 1 aliphatic carbocycles. The molecular weight excluding hydrogens is 485 g/mol. The summed E-state index contributed by atoms with van der Waals surface area (Å²) in [5.41, 5.74) is 1.73. The Bertz CT molecular complexity index is 1120. The highest BCUT2D eigenvalue weighted by molar-refractivity contribution is 7.18. The van der Waals surface area contributed by atoms with Gasteiger partial charge < -0.3 is 18.9 Å². The average molecular weight is 526 g/mol. The molecule has 4 rings (SSSR count). The Kier molecular flexibility index (Phi) is 7.94.